The highest BCUT2D eigenvalue weighted by molar-refractivity contribution is 5.78. The Kier molecular flexibility index (Phi) is 42.0. The Hall–Kier alpha value is -4.00. The van der Waals surface area contributed by atoms with Gasteiger partial charge < -0.3 is 20.3 Å². The molecule has 0 radical (unpaired) electrons. The van der Waals surface area contributed by atoms with Gasteiger partial charge in [0.1, 0.15) is 6.10 Å². The number of esters is 1. The first-order chi connectivity index (χ1) is 29.0. The molecule has 0 aromatic carbocycles. The summed E-state index contributed by atoms with van der Waals surface area (Å²) in [6.07, 6.45) is 63.9. The van der Waals surface area contributed by atoms with Gasteiger partial charge in [-0.05, 0) is 70.3 Å². The van der Waals surface area contributed by atoms with Gasteiger partial charge in [0.25, 0.3) is 0 Å². The molecule has 0 aliphatic rings. The molecule has 0 bridgehead atoms. The highest BCUT2D eigenvalue weighted by Gasteiger charge is 2.23. The number of aliphatic hydroxyl groups excluding tert-OH is 2. The van der Waals surface area contributed by atoms with Gasteiger partial charge in [-0.2, -0.15) is 0 Å². The molecule has 0 fully saturated rings. The molecule has 0 aliphatic heterocycles. The average molecular weight is 814 g/mol. The first kappa shape index (κ1) is 55.0. The Labute approximate surface area is 361 Å². The summed E-state index contributed by atoms with van der Waals surface area (Å²) < 4.78 is 5.77. The molecular formula is C53H83NO5. The predicted molar refractivity (Wildman–Crippen MR) is 254 cm³/mol. The molecule has 0 saturated carbocycles. The maximum Gasteiger partial charge on any atom is 0.306 e. The predicted octanol–water partition coefficient (Wildman–Crippen LogP) is 13.5. The number of hydrogen-bond donors (Lipinski definition) is 3. The van der Waals surface area contributed by atoms with Crippen molar-refractivity contribution in [2.45, 2.75) is 180 Å². The van der Waals surface area contributed by atoms with E-state index in [1.165, 1.54) is 38.5 Å². The third-order valence-electron chi connectivity index (χ3n) is 9.38. The van der Waals surface area contributed by atoms with Crippen molar-refractivity contribution in [2.75, 3.05) is 6.61 Å². The van der Waals surface area contributed by atoms with Crippen LogP contribution in [0.1, 0.15) is 162 Å². The lowest BCUT2D eigenvalue weighted by Crippen LogP contribution is -2.46. The number of hydrogen-bond acceptors (Lipinski definition) is 5. The lowest BCUT2D eigenvalue weighted by atomic mass is 10.0. The second kappa shape index (κ2) is 45.1. The fraction of sp³-hybridized carbons (Fsp3) is 0.547. The summed E-state index contributed by atoms with van der Waals surface area (Å²) in [4.78, 5) is 25.9. The average Bonchev–Trinajstić information content (AvgIpc) is 3.23. The Morgan fingerprint density at radius 1 is 0.542 bits per heavy atom. The minimum atomic E-state index is -0.834. The van der Waals surface area contributed by atoms with E-state index in [0.717, 1.165) is 70.6 Å². The first-order valence-corrected chi connectivity index (χ1v) is 23.0. The largest absolute Gasteiger partial charge is 0.458 e. The van der Waals surface area contributed by atoms with Crippen LogP contribution in [0, 0.1) is 0 Å². The minimum Gasteiger partial charge on any atom is -0.458 e. The van der Waals surface area contributed by atoms with E-state index in [9.17, 15) is 19.8 Å². The molecule has 0 aromatic heterocycles. The van der Waals surface area contributed by atoms with E-state index in [1.54, 1.807) is 6.08 Å². The highest BCUT2D eigenvalue weighted by Crippen LogP contribution is 2.14. The smallest absolute Gasteiger partial charge is 0.306 e. The molecular weight excluding hydrogens is 731 g/mol. The van der Waals surface area contributed by atoms with Crippen LogP contribution in [0.3, 0.4) is 0 Å². The molecule has 0 aliphatic carbocycles. The number of rotatable bonds is 38. The molecule has 0 saturated heterocycles. The van der Waals surface area contributed by atoms with Crippen molar-refractivity contribution in [2.24, 2.45) is 0 Å². The van der Waals surface area contributed by atoms with Crippen LogP contribution in [-0.4, -0.2) is 46.9 Å². The summed E-state index contributed by atoms with van der Waals surface area (Å²) in [5, 5.41) is 23.5. The zero-order valence-corrected chi connectivity index (χ0v) is 37.3. The van der Waals surface area contributed by atoms with Crippen molar-refractivity contribution in [3.8, 4) is 0 Å². The van der Waals surface area contributed by atoms with E-state index >= 15 is 0 Å². The first-order valence-electron chi connectivity index (χ1n) is 23.0. The van der Waals surface area contributed by atoms with Crippen LogP contribution < -0.4 is 5.32 Å². The van der Waals surface area contributed by atoms with Gasteiger partial charge in [-0.25, -0.2) is 0 Å². The summed E-state index contributed by atoms with van der Waals surface area (Å²) in [6.45, 7) is 6.12. The number of allylic oxidation sites excluding steroid dienone is 21. The lowest BCUT2D eigenvalue weighted by molar-refractivity contribution is -0.148. The Morgan fingerprint density at radius 2 is 1.02 bits per heavy atom. The molecule has 1 amide bonds. The van der Waals surface area contributed by atoms with Gasteiger partial charge in [-0.1, -0.05) is 213 Å². The van der Waals surface area contributed by atoms with Crippen molar-refractivity contribution in [3.63, 3.8) is 0 Å². The SMILES string of the molecule is CC\C=C/C=C/C=C/C=C\C=C\C=C\CCCCCC(=O)OC(/C=C/C/C=C/C/C=C/C/C=C/C/C=C/CC)CC(=O)NC(CO)C(O)CCCCCCCCCCC. The molecule has 0 rings (SSSR count). The summed E-state index contributed by atoms with van der Waals surface area (Å²) in [6, 6.07) is -0.759. The zero-order valence-electron chi connectivity index (χ0n) is 37.3. The Bertz CT molecular complexity index is 1320. The molecule has 3 unspecified atom stereocenters. The van der Waals surface area contributed by atoms with Gasteiger partial charge in [0.05, 0.1) is 25.2 Å². The number of carbonyl (C=O) groups excluding carboxylic acids is 2. The minimum absolute atomic E-state index is 0.0742. The van der Waals surface area contributed by atoms with E-state index in [2.05, 4.69) is 86.8 Å². The van der Waals surface area contributed by atoms with Gasteiger partial charge in [0, 0.05) is 6.42 Å². The van der Waals surface area contributed by atoms with Crippen molar-refractivity contribution in [1.29, 1.82) is 0 Å². The number of carbonyl (C=O) groups is 2. The number of ether oxygens (including phenoxy) is 1. The van der Waals surface area contributed by atoms with Crippen LogP contribution >= 0.6 is 0 Å². The summed E-state index contributed by atoms with van der Waals surface area (Å²) in [7, 11) is 0. The lowest BCUT2D eigenvalue weighted by Gasteiger charge is -2.23. The van der Waals surface area contributed by atoms with Crippen LogP contribution in [0.4, 0.5) is 0 Å². The van der Waals surface area contributed by atoms with Gasteiger partial charge in [0.15, 0.2) is 0 Å². The van der Waals surface area contributed by atoms with Gasteiger partial charge in [-0.3, -0.25) is 9.59 Å². The van der Waals surface area contributed by atoms with Gasteiger partial charge in [-0.15, -0.1) is 0 Å². The highest BCUT2D eigenvalue weighted by atomic mass is 16.5. The van der Waals surface area contributed by atoms with Crippen LogP contribution in [-0.2, 0) is 14.3 Å². The Balaban J connectivity index is 4.91. The van der Waals surface area contributed by atoms with E-state index in [0.29, 0.717) is 19.3 Å². The van der Waals surface area contributed by atoms with E-state index in [-0.39, 0.29) is 31.3 Å². The second-order valence-corrected chi connectivity index (χ2v) is 14.8. The van der Waals surface area contributed by atoms with Crippen molar-refractivity contribution in [1.82, 2.24) is 5.32 Å². The maximum atomic E-state index is 13.1. The molecule has 6 heteroatoms. The fourth-order valence-corrected chi connectivity index (χ4v) is 5.95. The summed E-state index contributed by atoms with van der Waals surface area (Å²) in [5.41, 5.74) is 0. The quantitative estimate of drug-likeness (QED) is 0.0250. The summed E-state index contributed by atoms with van der Waals surface area (Å²) >= 11 is 0. The van der Waals surface area contributed by atoms with Crippen molar-refractivity contribution in [3.05, 3.63) is 134 Å². The van der Waals surface area contributed by atoms with Crippen LogP contribution in [0.2, 0.25) is 0 Å². The molecule has 3 atom stereocenters. The van der Waals surface area contributed by atoms with E-state index in [4.69, 9.17) is 4.74 Å². The monoisotopic (exact) mass is 814 g/mol. The second-order valence-electron chi connectivity index (χ2n) is 14.8. The maximum absolute atomic E-state index is 13.1. The molecule has 6 nitrogen and oxygen atoms in total. The molecule has 0 aromatic rings. The third kappa shape index (κ3) is 40.6. The number of unbranched alkanes of at least 4 members (excludes halogenated alkanes) is 11. The fourth-order valence-electron chi connectivity index (χ4n) is 5.95. The van der Waals surface area contributed by atoms with Crippen LogP contribution in [0.25, 0.3) is 0 Å². The zero-order chi connectivity index (χ0) is 43.1. The molecule has 59 heavy (non-hydrogen) atoms. The molecule has 0 spiro atoms. The number of amides is 1. The number of nitrogens with one attached hydrogen (secondary N) is 1. The number of aliphatic hydroxyl groups is 2. The summed E-state index contributed by atoms with van der Waals surface area (Å²) in [5.74, 6) is -0.700. The molecule has 3 N–H and O–H groups in total. The standard InChI is InChI=1S/C53H83NO5/c1-4-7-10-13-16-19-21-23-25-26-27-29-31-34-37-40-43-46-53(58)59-49(44-41-38-35-33-30-28-24-22-20-17-14-11-8-5-2)47-52(57)54-50(48-55)51(56)45-42-39-36-32-18-15-12-9-6-3/h7-8,10-11,13,16-17,19-21,23-29,31,33,35,41,44,49-51,55-56H,4-6,9,12,14-15,18,22,30,32,34,36-40,42-43,45-48H2,1-3H3,(H,54,57)/b10-7-,11-8+,16-13+,20-17+,21-19+,25-23-,27-26+,28-24+,31-29+,35-33+,44-41+. The normalized spacial score (nSPS) is 14.6. The molecule has 330 valence electrons. The third-order valence-corrected chi connectivity index (χ3v) is 9.38. The van der Waals surface area contributed by atoms with E-state index in [1.807, 2.05) is 66.8 Å². The van der Waals surface area contributed by atoms with Crippen LogP contribution in [0.15, 0.2) is 134 Å². The van der Waals surface area contributed by atoms with Gasteiger partial charge >= 0.3 is 5.97 Å². The van der Waals surface area contributed by atoms with Crippen molar-refractivity contribution < 1.29 is 24.5 Å². The van der Waals surface area contributed by atoms with Gasteiger partial charge in [0.2, 0.25) is 5.91 Å². The molecule has 0 heterocycles. The van der Waals surface area contributed by atoms with Crippen molar-refractivity contribution >= 4 is 11.9 Å². The topological polar surface area (TPSA) is 95.9 Å². The van der Waals surface area contributed by atoms with E-state index < -0.39 is 18.2 Å². The van der Waals surface area contributed by atoms with Crippen LogP contribution in [0.5, 0.6) is 0 Å². The Morgan fingerprint density at radius 3 is 1.56 bits per heavy atom.